The number of guanidine groups is 1. The van der Waals surface area contributed by atoms with E-state index in [1.165, 1.54) is 0 Å². The summed E-state index contributed by atoms with van der Waals surface area (Å²) in [6.07, 6.45) is 7.10. The number of nitrogens with one attached hydrogen (secondary N) is 3. The Morgan fingerprint density at radius 3 is 2.73 bits per heavy atom. The smallest absolute Gasteiger partial charge is 0.223 e. The molecule has 168 valence electrons. The van der Waals surface area contributed by atoms with Crippen LogP contribution >= 0.6 is 0 Å². The van der Waals surface area contributed by atoms with Crippen molar-refractivity contribution >= 4 is 11.9 Å². The number of hydrogen-bond donors (Lipinski definition) is 3. The van der Waals surface area contributed by atoms with Crippen molar-refractivity contribution in [2.24, 2.45) is 18.0 Å². The zero-order valence-electron chi connectivity index (χ0n) is 18.6. The first-order chi connectivity index (χ1) is 14.6. The molecule has 1 aromatic heterocycles. The first-order valence-electron chi connectivity index (χ1n) is 11.3. The van der Waals surface area contributed by atoms with Gasteiger partial charge in [0.1, 0.15) is 12.4 Å². The molecule has 2 unspecified atom stereocenters. The number of aliphatic imine (C=N–C) groups is 1. The van der Waals surface area contributed by atoms with E-state index < -0.39 is 0 Å². The monoisotopic (exact) mass is 419 g/mol. The van der Waals surface area contributed by atoms with Gasteiger partial charge >= 0.3 is 0 Å². The van der Waals surface area contributed by atoms with E-state index in [2.05, 4.69) is 26.1 Å². The van der Waals surface area contributed by atoms with Crippen LogP contribution in [0.25, 0.3) is 0 Å². The molecule has 3 N–H and O–H groups in total. The standard InChI is InChI=1S/C21H37N7O2/c1-4-30-12-6-11-22-21(23-14-19-27-26-15(2)28(19)3)25-18-8-5-7-16(13-18)20(29)24-17-9-10-17/h16-18H,4-14H2,1-3H3,(H,24,29)(H2,22,23,25). The molecular weight excluding hydrogens is 382 g/mol. The van der Waals surface area contributed by atoms with E-state index in [-0.39, 0.29) is 17.9 Å². The summed E-state index contributed by atoms with van der Waals surface area (Å²) >= 11 is 0. The minimum absolute atomic E-state index is 0.0949. The highest BCUT2D eigenvalue weighted by Gasteiger charge is 2.31. The normalized spacial score (nSPS) is 22.0. The zero-order chi connectivity index (χ0) is 21.3. The van der Waals surface area contributed by atoms with E-state index in [9.17, 15) is 4.79 Å². The lowest BCUT2D eigenvalue weighted by atomic mass is 9.85. The fourth-order valence-electron chi connectivity index (χ4n) is 3.72. The maximum absolute atomic E-state index is 12.5. The Bertz CT molecular complexity index is 714. The predicted molar refractivity (Wildman–Crippen MR) is 116 cm³/mol. The van der Waals surface area contributed by atoms with Crippen LogP contribution in [-0.2, 0) is 23.1 Å². The Kier molecular flexibility index (Phi) is 8.48. The second-order valence-corrected chi connectivity index (χ2v) is 8.35. The summed E-state index contributed by atoms with van der Waals surface area (Å²) in [5, 5.41) is 18.4. The number of amides is 1. The Morgan fingerprint density at radius 2 is 2.03 bits per heavy atom. The third-order valence-electron chi connectivity index (χ3n) is 5.83. The molecule has 2 aliphatic carbocycles. The van der Waals surface area contributed by atoms with Gasteiger partial charge in [0.25, 0.3) is 0 Å². The van der Waals surface area contributed by atoms with Crippen LogP contribution in [0.1, 0.15) is 63.5 Å². The molecule has 2 saturated carbocycles. The second-order valence-electron chi connectivity index (χ2n) is 8.35. The van der Waals surface area contributed by atoms with Crippen molar-refractivity contribution < 1.29 is 9.53 Å². The number of carbonyl (C=O) groups is 1. The van der Waals surface area contributed by atoms with Crippen LogP contribution in [0.15, 0.2) is 4.99 Å². The number of hydrogen-bond acceptors (Lipinski definition) is 5. The summed E-state index contributed by atoms with van der Waals surface area (Å²) in [6.45, 7) is 6.63. The van der Waals surface area contributed by atoms with Crippen LogP contribution in [0.4, 0.5) is 0 Å². The van der Waals surface area contributed by atoms with Crippen LogP contribution in [-0.4, -0.2) is 58.5 Å². The number of aromatic nitrogens is 3. The third kappa shape index (κ3) is 6.97. The van der Waals surface area contributed by atoms with Crippen LogP contribution in [0.5, 0.6) is 0 Å². The Morgan fingerprint density at radius 1 is 1.20 bits per heavy atom. The molecule has 0 bridgehead atoms. The van der Waals surface area contributed by atoms with E-state index in [1.54, 1.807) is 0 Å². The average molecular weight is 420 g/mol. The summed E-state index contributed by atoms with van der Waals surface area (Å²) in [5.41, 5.74) is 0. The zero-order valence-corrected chi connectivity index (χ0v) is 18.6. The number of rotatable bonds is 10. The van der Waals surface area contributed by atoms with E-state index in [4.69, 9.17) is 9.73 Å². The molecule has 2 aliphatic rings. The topological polar surface area (TPSA) is 105 Å². The molecule has 0 aliphatic heterocycles. The maximum Gasteiger partial charge on any atom is 0.223 e. The average Bonchev–Trinajstić information content (AvgIpc) is 3.50. The second kappa shape index (κ2) is 11.3. The third-order valence-corrected chi connectivity index (χ3v) is 5.83. The molecule has 2 fully saturated rings. The van der Waals surface area contributed by atoms with Crippen molar-refractivity contribution in [1.82, 2.24) is 30.7 Å². The molecular formula is C21H37N7O2. The van der Waals surface area contributed by atoms with Gasteiger partial charge in [-0.05, 0) is 52.4 Å². The van der Waals surface area contributed by atoms with Gasteiger partial charge < -0.3 is 25.3 Å². The molecule has 30 heavy (non-hydrogen) atoms. The predicted octanol–water partition coefficient (Wildman–Crippen LogP) is 1.42. The Labute approximate surface area is 179 Å². The molecule has 9 nitrogen and oxygen atoms in total. The van der Waals surface area contributed by atoms with Crippen molar-refractivity contribution in [2.45, 2.75) is 77.4 Å². The molecule has 1 amide bonds. The van der Waals surface area contributed by atoms with Gasteiger partial charge in [-0.1, -0.05) is 6.42 Å². The van der Waals surface area contributed by atoms with Gasteiger partial charge in [0, 0.05) is 44.8 Å². The van der Waals surface area contributed by atoms with E-state index >= 15 is 0 Å². The van der Waals surface area contributed by atoms with Gasteiger partial charge in [0.2, 0.25) is 5.91 Å². The maximum atomic E-state index is 12.5. The van der Waals surface area contributed by atoms with Crippen molar-refractivity contribution in [3.8, 4) is 0 Å². The minimum Gasteiger partial charge on any atom is -0.382 e. The highest BCUT2D eigenvalue weighted by molar-refractivity contribution is 5.81. The fourth-order valence-corrected chi connectivity index (χ4v) is 3.72. The molecule has 9 heteroatoms. The van der Waals surface area contributed by atoms with Gasteiger partial charge in [0.15, 0.2) is 11.8 Å². The summed E-state index contributed by atoms with van der Waals surface area (Å²) in [6, 6.07) is 0.665. The molecule has 1 aromatic rings. The number of nitrogens with zero attached hydrogens (tertiary/aromatic N) is 4. The molecule has 3 rings (SSSR count). The lowest BCUT2D eigenvalue weighted by Gasteiger charge is -2.30. The number of ether oxygens (including phenoxy) is 1. The molecule has 0 saturated heterocycles. The van der Waals surface area contributed by atoms with Crippen LogP contribution < -0.4 is 16.0 Å². The molecule has 2 atom stereocenters. The summed E-state index contributed by atoms with van der Waals surface area (Å²) in [7, 11) is 1.95. The summed E-state index contributed by atoms with van der Waals surface area (Å²) in [5.74, 6) is 2.78. The SMILES string of the molecule is CCOCCCNC(=NCc1nnc(C)n1C)NC1CCCC(C(=O)NC2CC2)C1. The molecule has 0 spiro atoms. The first-order valence-corrected chi connectivity index (χ1v) is 11.3. The van der Waals surface area contributed by atoms with Crippen LogP contribution in [0.2, 0.25) is 0 Å². The van der Waals surface area contributed by atoms with E-state index in [0.29, 0.717) is 12.6 Å². The van der Waals surface area contributed by atoms with E-state index in [1.807, 2.05) is 25.5 Å². The van der Waals surface area contributed by atoms with Crippen molar-refractivity contribution in [3.05, 3.63) is 11.6 Å². The van der Waals surface area contributed by atoms with E-state index in [0.717, 1.165) is 82.3 Å². The summed E-state index contributed by atoms with van der Waals surface area (Å²) in [4.78, 5) is 17.2. The van der Waals surface area contributed by atoms with Gasteiger partial charge in [-0.25, -0.2) is 4.99 Å². The fraction of sp³-hybridized carbons (Fsp3) is 0.810. The van der Waals surface area contributed by atoms with Crippen LogP contribution in [0.3, 0.4) is 0 Å². The molecule has 0 radical (unpaired) electrons. The Balaban J connectivity index is 1.56. The molecule has 1 heterocycles. The minimum atomic E-state index is 0.0949. The molecule has 0 aromatic carbocycles. The van der Waals surface area contributed by atoms with Gasteiger partial charge in [-0.2, -0.15) is 0 Å². The van der Waals surface area contributed by atoms with Crippen molar-refractivity contribution in [2.75, 3.05) is 19.8 Å². The lowest BCUT2D eigenvalue weighted by Crippen LogP contribution is -2.47. The number of carbonyl (C=O) groups excluding carboxylic acids is 1. The Hall–Kier alpha value is -2.16. The quantitative estimate of drug-likeness (QED) is 0.301. The lowest BCUT2D eigenvalue weighted by molar-refractivity contribution is -0.126. The first kappa shape index (κ1) is 22.5. The van der Waals surface area contributed by atoms with Gasteiger partial charge in [0.05, 0.1) is 0 Å². The summed E-state index contributed by atoms with van der Waals surface area (Å²) < 4.78 is 7.38. The largest absolute Gasteiger partial charge is 0.382 e. The van der Waals surface area contributed by atoms with Crippen LogP contribution in [0, 0.1) is 12.8 Å². The highest BCUT2D eigenvalue weighted by atomic mass is 16.5. The van der Waals surface area contributed by atoms with Gasteiger partial charge in [-0.3, -0.25) is 4.79 Å². The highest BCUT2D eigenvalue weighted by Crippen LogP contribution is 2.26. The number of aryl methyl sites for hydroxylation is 1. The van der Waals surface area contributed by atoms with Crippen molar-refractivity contribution in [3.63, 3.8) is 0 Å². The van der Waals surface area contributed by atoms with Crippen molar-refractivity contribution in [1.29, 1.82) is 0 Å². The van der Waals surface area contributed by atoms with Gasteiger partial charge in [-0.15, -0.1) is 10.2 Å².